The zero-order valence-electron chi connectivity index (χ0n) is 19.9. The van der Waals surface area contributed by atoms with Crippen molar-refractivity contribution in [2.45, 2.75) is 57.5 Å². The van der Waals surface area contributed by atoms with Gasteiger partial charge in [-0.3, -0.25) is 18.7 Å². The first kappa shape index (κ1) is 28.3. The molecule has 0 radical (unpaired) electrons. The number of hydrogen-bond donors (Lipinski definition) is 4. The summed E-state index contributed by atoms with van der Waals surface area (Å²) < 4.78 is 43.1. The number of rotatable bonds is 10. The van der Waals surface area contributed by atoms with Crippen LogP contribution < -0.4 is 16.1 Å². The molecular weight excluding hydrogens is 518 g/mol. The van der Waals surface area contributed by atoms with Crippen LogP contribution in [0.15, 0.2) is 29.3 Å². The highest BCUT2D eigenvalue weighted by Crippen LogP contribution is 2.32. The highest BCUT2D eigenvalue weighted by atomic mass is 31.1. The first-order valence-corrected chi connectivity index (χ1v) is 12.3. The van der Waals surface area contributed by atoms with Crippen LogP contribution in [0.4, 0.5) is 10.2 Å². The van der Waals surface area contributed by atoms with Crippen molar-refractivity contribution in [3.63, 3.8) is 0 Å². The molecule has 3 heterocycles. The van der Waals surface area contributed by atoms with Crippen molar-refractivity contribution in [1.82, 2.24) is 24.6 Å². The number of carbonyl (C=O) groups is 2. The highest BCUT2D eigenvalue weighted by Gasteiger charge is 2.46. The molecule has 1 amide bonds. The lowest BCUT2D eigenvalue weighted by molar-refractivity contribution is -0.149. The summed E-state index contributed by atoms with van der Waals surface area (Å²) >= 11 is 0. The fourth-order valence-electron chi connectivity index (χ4n) is 3.17. The van der Waals surface area contributed by atoms with Gasteiger partial charge in [-0.05, 0) is 32.9 Å². The van der Waals surface area contributed by atoms with Crippen LogP contribution >= 0.6 is 8.18 Å². The first-order valence-electron chi connectivity index (χ1n) is 11.0. The second-order valence-electron chi connectivity index (χ2n) is 8.15. The predicted octanol–water partition coefficient (Wildman–Crippen LogP) is -0.0764. The van der Waals surface area contributed by atoms with Crippen molar-refractivity contribution >= 4 is 25.9 Å². The zero-order valence-corrected chi connectivity index (χ0v) is 20.9. The topological polar surface area (TPSA) is 204 Å². The number of amides is 1. The van der Waals surface area contributed by atoms with Gasteiger partial charge in [0.1, 0.15) is 29.8 Å². The molecule has 0 saturated carbocycles. The number of esters is 1. The van der Waals surface area contributed by atoms with E-state index in [1.54, 1.807) is 13.8 Å². The maximum atomic E-state index is 14.8. The average Bonchev–Trinajstić information content (AvgIpc) is 3.10. The van der Waals surface area contributed by atoms with E-state index in [-0.39, 0.29) is 17.6 Å². The van der Waals surface area contributed by atoms with Gasteiger partial charge in [-0.25, -0.2) is 19.3 Å². The SMILES string of the molecule is CC(C)OC(=O)C(C)N[PH](=O)OC[C@H]1O[C@@H](n2ccc(NC(=O)c3ccnc(O)n3)nc2=O)[C@H](F)[C@@H]1O. The molecule has 202 valence electrons. The number of carbonyl (C=O) groups excluding carboxylic acids is 2. The van der Waals surface area contributed by atoms with Crippen LogP contribution in [0.5, 0.6) is 6.01 Å². The van der Waals surface area contributed by atoms with Gasteiger partial charge in [-0.15, -0.1) is 0 Å². The molecule has 0 bridgehead atoms. The third kappa shape index (κ3) is 7.36. The number of aliphatic hydroxyl groups is 1. The summed E-state index contributed by atoms with van der Waals surface area (Å²) in [4.78, 5) is 47.1. The predicted molar refractivity (Wildman–Crippen MR) is 124 cm³/mol. The number of aromatic nitrogens is 4. The Morgan fingerprint density at radius 1 is 1.30 bits per heavy atom. The van der Waals surface area contributed by atoms with Crippen LogP contribution in [0.25, 0.3) is 0 Å². The maximum Gasteiger partial charge on any atom is 0.351 e. The largest absolute Gasteiger partial charge is 0.479 e. The molecule has 0 aromatic carbocycles. The molecule has 1 aliphatic rings. The van der Waals surface area contributed by atoms with E-state index in [0.717, 1.165) is 17.0 Å². The Balaban J connectivity index is 1.59. The van der Waals surface area contributed by atoms with Gasteiger partial charge in [0.2, 0.25) is 0 Å². The quantitative estimate of drug-likeness (QED) is 0.229. The Hall–Kier alpha value is -3.30. The molecule has 17 heteroatoms. The van der Waals surface area contributed by atoms with Crippen molar-refractivity contribution in [2.75, 3.05) is 11.9 Å². The Morgan fingerprint density at radius 2 is 2.03 bits per heavy atom. The molecule has 4 N–H and O–H groups in total. The number of hydrogen-bond acceptors (Lipinski definition) is 12. The Kier molecular flexibility index (Phi) is 9.39. The smallest absolute Gasteiger partial charge is 0.351 e. The second-order valence-corrected chi connectivity index (χ2v) is 9.30. The molecule has 2 aromatic heterocycles. The number of aliphatic hydroxyl groups excluding tert-OH is 1. The summed E-state index contributed by atoms with van der Waals surface area (Å²) in [6.07, 6.45) is -4.76. The number of nitrogens with one attached hydrogen (secondary N) is 2. The van der Waals surface area contributed by atoms with Crippen molar-refractivity contribution in [2.24, 2.45) is 0 Å². The molecular formula is C20H26FN6O9P. The normalized spacial score (nSPS) is 23.0. The number of anilines is 1. The van der Waals surface area contributed by atoms with E-state index >= 15 is 0 Å². The number of halogens is 1. The van der Waals surface area contributed by atoms with Gasteiger partial charge >= 0.3 is 17.7 Å². The Morgan fingerprint density at radius 3 is 2.68 bits per heavy atom. The van der Waals surface area contributed by atoms with Crippen LogP contribution in [0.1, 0.15) is 37.5 Å². The lowest BCUT2D eigenvalue weighted by atomic mass is 10.1. The van der Waals surface area contributed by atoms with Crippen LogP contribution in [-0.4, -0.2) is 78.7 Å². The second kappa shape index (κ2) is 12.3. The summed E-state index contributed by atoms with van der Waals surface area (Å²) in [5.74, 6) is -1.61. The van der Waals surface area contributed by atoms with Gasteiger partial charge in [0, 0.05) is 12.4 Å². The van der Waals surface area contributed by atoms with Gasteiger partial charge in [-0.1, -0.05) is 0 Å². The number of aromatic hydroxyl groups is 1. The van der Waals surface area contributed by atoms with Crippen LogP contribution in [0.3, 0.4) is 0 Å². The van der Waals surface area contributed by atoms with Gasteiger partial charge in [-0.2, -0.15) is 9.97 Å². The summed E-state index contributed by atoms with van der Waals surface area (Å²) in [6.45, 7) is 4.23. The molecule has 1 fully saturated rings. The van der Waals surface area contributed by atoms with Gasteiger partial charge in [0.15, 0.2) is 12.4 Å². The first-order chi connectivity index (χ1) is 17.5. The lowest BCUT2D eigenvalue weighted by Gasteiger charge is -2.18. The van der Waals surface area contributed by atoms with E-state index in [1.165, 1.54) is 19.1 Å². The molecule has 1 aliphatic heterocycles. The molecule has 3 rings (SSSR count). The van der Waals surface area contributed by atoms with E-state index in [9.17, 15) is 33.6 Å². The standard InChI is InChI=1S/C20H26FN6O9P/c1-9(2)35-18(30)10(3)26-37(33)34-8-12-15(28)14(21)17(36-12)27-7-5-13(25-20(27)32)24-16(29)11-4-6-22-19(31)23-11/h4-7,9-10,12,14-15,17,28,37H,8H2,1-3H3,(H,26,33)(H,22,23,31)(H,24,25,29,32)/t10?,12-,14-,15-,17-/m1/s1. The summed E-state index contributed by atoms with van der Waals surface area (Å²) in [5, 5.41) is 24.2. The Labute approximate surface area is 209 Å². The fourth-order valence-corrected chi connectivity index (χ4v) is 4.04. The molecule has 2 aromatic rings. The van der Waals surface area contributed by atoms with Crippen molar-refractivity contribution in [3.05, 3.63) is 40.7 Å². The summed E-state index contributed by atoms with van der Waals surface area (Å²) in [7, 11) is -2.99. The van der Waals surface area contributed by atoms with E-state index in [2.05, 4.69) is 25.4 Å². The maximum absolute atomic E-state index is 14.8. The summed E-state index contributed by atoms with van der Waals surface area (Å²) in [6, 6.07) is 0.854. The zero-order chi connectivity index (χ0) is 27.3. The minimum atomic E-state index is -2.99. The molecule has 6 atom stereocenters. The summed E-state index contributed by atoms with van der Waals surface area (Å²) in [5.41, 5.74) is -1.19. The molecule has 37 heavy (non-hydrogen) atoms. The third-order valence-corrected chi connectivity index (χ3v) is 6.03. The lowest BCUT2D eigenvalue weighted by Crippen LogP contribution is -2.34. The van der Waals surface area contributed by atoms with Gasteiger partial charge < -0.3 is 29.5 Å². The van der Waals surface area contributed by atoms with E-state index in [1.807, 2.05) is 0 Å². The third-order valence-electron chi connectivity index (χ3n) is 4.93. The van der Waals surface area contributed by atoms with Crippen molar-refractivity contribution in [1.29, 1.82) is 0 Å². The molecule has 15 nitrogen and oxygen atoms in total. The van der Waals surface area contributed by atoms with Crippen LogP contribution in [0.2, 0.25) is 0 Å². The molecule has 0 spiro atoms. The number of alkyl halides is 1. The average molecular weight is 544 g/mol. The molecule has 2 unspecified atom stereocenters. The van der Waals surface area contributed by atoms with Gasteiger partial charge in [0.05, 0.1) is 12.7 Å². The van der Waals surface area contributed by atoms with Crippen LogP contribution in [0, 0.1) is 0 Å². The minimum absolute atomic E-state index is 0.187. The van der Waals surface area contributed by atoms with Crippen molar-refractivity contribution in [3.8, 4) is 6.01 Å². The van der Waals surface area contributed by atoms with E-state index in [0.29, 0.717) is 0 Å². The van der Waals surface area contributed by atoms with Crippen molar-refractivity contribution < 1.29 is 42.8 Å². The van der Waals surface area contributed by atoms with E-state index < -0.39 is 69.0 Å². The fraction of sp³-hybridized carbons (Fsp3) is 0.500. The van der Waals surface area contributed by atoms with E-state index in [4.69, 9.17) is 14.0 Å². The monoisotopic (exact) mass is 544 g/mol. The van der Waals surface area contributed by atoms with Gasteiger partial charge in [0.25, 0.3) is 14.1 Å². The molecule has 1 saturated heterocycles. The minimum Gasteiger partial charge on any atom is -0.479 e. The molecule has 0 aliphatic carbocycles. The van der Waals surface area contributed by atoms with Crippen LogP contribution in [-0.2, 0) is 23.4 Å². The Bertz CT molecular complexity index is 1210. The number of nitrogens with zero attached hydrogens (tertiary/aromatic N) is 4. The number of ether oxygens (including phenoxy) is 2. The highest BCUT2D eigenvalue weighted by molar-refractivity contribution is 7.36.